The number of hydrogen-bond acceptors (Lipinski definition) is 6. The zero-order valence-corrected chi connectivity index (χ0v) is 16.1. The highest BCUT2D eigenvalue weighted by Crippen LogP contribution is 2.33. The van der Waals surface area contributed by atoms with E-state index in [1.54, 1.807) is 23.2 Å². The summed E-state index contributed by atoms with van der Waals surface area (Å²) in [5, 5.41) is 0. The topological polar surface area (TPSA) is 61.7 Å². The van der Waals surface area contributed by atoms with E-state index in [-0.39, 0.29) is 12.4 Å². The van der Waals surface area contributed by atoms with E-state index in [1.807, 2.05) is 25.0 Å². The number of anilines is 3. The fourth-order valence-electron chi connectivity index (χ4n) is 2.64. The zero-order valence-electron chi connectivity index (χ0n) is 16.1. The van der Waals surface area contributed by atoms with Gasteiger partial charge in [-0.2, -0.15) is 4.98 Å². The lowest BCUT2D eigenvalue weighted by molar-refractivity contribution is -0.106. The average molecular weight is 371 g/mol. The maximum atomic E-state index is 13.7. The number of aldehydes is 1. The van der Waals surface area contributed by atoms with Gasteiger partial charge in [0.05, 0.1) is 12.7 Å². The van der Waals surface area contributed by atoms with Gasteiger partial charge in [-0.1, -0.05) is 19.4 Å². The molecule has 0 aliphatic rings. The summed E-state index contributed by atoms with van der Waals surface area (Å²) < 4.78 is 13.7. The van der Waals surface area contributed by atoms with Gasteiger partial charge in [-0.15, -0.1) is 0 Å². The maximum absolute atomic E-state index is 13.7. The van der Waals surface area contributed by atoms with Crippen LogP contribution in [0.15, 0.2) is 35.5 Å². The van der Waals surface area contributed by atoms with E-state index in [1.165, 1.54) is 12.1 Å². The molecule has 0 aliphatic carbocycles. The molecule has 0 saturated heterocycles. The predicted molar refractivity (Wildman–Crippen MR) is 108 cm³/mol. The number of carbonyl (C=O) groups is 1. The summed E-state index contributed by atoms with van der Waals surface area (Å²) in [6.07, 6.45) is 6.01. The van der Waals surface area contributed by atoms with Crippen molar-refractivity contribution in [3.05, 3.63) is 36.3 Å². The number of halogens is 1. The van der Waals surface area contributed by atoms with Crippen LogP contribution in [0.1, 0.15) is 33.6 Å². The van der Waals surface area contributed by atoms with E-state index >= 15 is 0 Å². The van der Waals surface area contributed by atoms with Gasteiger partial charge >= 0.3 is 0 Å². The van der Waals surface area contributed by atoms with Gasteiger partial charge in [0.15, 0.2) is 5.82 Å². The first kappa shape index (κ1) is 20.5. The molecule has 7 heteroatoms. The second-order valence-electron chi connectivity index (χ2n) is 5.91. The Hall–Kier alpha value is -2.83. The van der Waals surface area contributed by atoms with Gasteiger partial charge in [-0.25, -0.2) is 14.4 Å². The van der Waals surface area contributed by atoms with Crippen LogP contribution in [0, 0.1) is 5.82 Å². The van der Waals surface area contributed by atoms with Crippen molar-refractivity contribution in [2.24, 2.45) is 4.99 Å². The predicted octanol–water partition coefficient (Wildman–Crippen LogP) is 4.30. The number of carbonyl (C=O) groups excluding carboxylic acids is 1. The molecule has 2 aromatic rings. The molecular formula is C20H26FN5O. The van der Waals surface area contributed by atoms with Crippen molar-refractivity contribution in [3.8, 4) is 0 Å². The van der Waals surface area contributed by atoms with Crippen LogP contribution in [0.5, 0.6) is 0 Å². The second kappa shape index (κ2) is 10.4. The van der Waals surface area contributed by atoms with Crippen LogP contribution in [-0.4, -0.2) is 42.1 Å². The Morgan fingerprint density at radius 3 is 2.63 bits per heavy atom. The molecule has 0 unspecified atom stereocenters. The minimum absolute atomic E-state index is 0.0493. The molecule has 0 N–H and O–H groups in total. The summed E-state index contributed by atoms with van der Waals surface area (Å²) in [4.78, 5) is 28.5. The number of hydrogen-bond donors (Lipinski definition) is 0. The molecule has 0 spiro atoms. The van der Waals surface area contributed by atoms with E-state index in [0.29, 0.717) is 23.1 Å². The summed E-state index contributed by atoms with van der Waals surface area (Å²) in [5.74, 6) is 0.671. The third kappa shape index (κ3) is 5.32. The van der Waals surface area contributed by atoms with Crippen molar-refractivity contribution >= 4 is 35.6 Å². The fourth-order valence-corrected chi connectivity index (χ4v) is 2.64. The summed E-state index contributed by atoms with van der Waals surface area (Å²) >= 11 is 0. The normalized spacial score (nSPS) is 11.0. The molecule has 0 bridgehead atoms. The molecular weight excluding hydrogens is 345 g/mol. The van der Waals surface area contributed by atoms with E-state index in [4.69, 9.17) is 0 Å². The van der Waals surface area contributed by atoms with Crippen LogP contribution >= 0.6 is 0 Å². The first-order valence-corrected chi connectivity index (χ1v) is 9.25. The Bertz CT molecular complexity index is 777. The highest BCUT2D eigenvalue weighted by Gasteiger charge is 2.17. The zero-order chi connectivity index (χ0) is 19.6. The maximum Gasteiger partial charge on any atom is 0.227 e. The number of nitrogens with zero attached hydrogens (tertiary/aromatic N) is 5. The lowest BCUT2D eigenvalue weighted by atomic mass is 10.2. The molecule has 0 fully saturated rings. The Balaban J connectivity index is 2.54. The fraction of sp³-hybridized carbons (Fsp3) is 0.400. The number of unbranched alkanes of at least 4 members (excludes halogenated alkanes) is 1. The summed E-state index contributed by atoms with van der Waals surface area (Å²) in [6, 6.07) is 6.09. The molecule has 0 saturated carbocycles. The van der Waals surface area contributed by atoms with Gasteiger partial charge in [0, 0.05) is 25.0 Å². The van der Waals surface area contributed by atoms with Gasteiger partial charge in [0.1, 0.15) is 17.8 Å². The third-order valence-corrected chi connectivity index (χ3v) is 4.08. The molecule has 2 rings (SSSR count). The molecule has 1 aromatic heterocycles. The van der Waals surface area contributed by atoms with Gasteiger partial charge in [-0.3, -0.25) is 0 Å². The van der Waals surface area contributed by atoms with E-state index in [0.717, 1.165) is 32.2 Å². The van der Waals surface area contributed by atoms with Crippen molar-refractivity contribution in [2.45, 2.75) is 33.6 Å². The van der Waals surface area contributed by atoms with E-state index < -0.39 is 0 Å². The SMILES string of the molecule is CCCC=Nc1nc(N(CC)CC)ncc1N(CC=O)c1cccc(F)c1. The van der Waals surface area contributed by atoms with Crippen LogP contribution in [0.2, 0.25) is 0 Å². The lowest BCUT2D eigenvalue weighted by Gasteiger charge is -2.25. The highest BCUT2D eigenvalue weighted by molar-refractivity contribution is 5.79. The minimum Gasteiger partial charge on any atom is -0.341 e. The van der Waals surface area contributed by atoms with E-state index in [9.17, 15) is 9.18 Å². The standard InChI is InChI=1S/C20H26FN5O/c1-4-7-11-22-19-18(15-23-20(24-19)25(5-2)6-3)26(12-13-27)17-10-8-9-16(21)14-17/h8-11,13-15H,4-7,12H2,1-3H3. The van der Waals surface area contributed by atoms with Crippen LogP contribution in [0.4, 0.5) is 27.5 Å². The third-order valence-electron chi connectivity index (χ3n) is 4.08. The van der Waals surface area contributed by atoms with Gasteiger partial charge in [0.25, 0.3) is 0 Å². The molecule has 0 amide bonds. The molecule has 0 radical (unpaired) electrons. The first-order chi connectivity index (χ1) is 13.1. The summed E-state index contributed by atoms with van der Waals surface area (Å²) in [6.45, 7) is 7.73. The van der Waals surface area contributed by atoms with Gasteiger partial charge in [-0.05, 0) is 38.5 Å². The molecule has 1 heterocycles. The average Bonchev–Trinajstić information content (AvgIpc) is 2.68. The van der Waals surface area contributed by atoms with Crippen molar-refractivity contribution in [1.29, 1.82) is 0 Å². The Labute approximate surface area is 159 Å². The van der Waals surface area contributed by atoms with Crippen LogP contribution < -0.4 is 9.80 Å². The number of aromatic nitrogens is 2. The molecule has 144 valence electrons. The van der Waals surface area contributed by atoms with Crippen LogP contribution in [0.25, 0.3) is 0 Å². The number of aliphatic imine (C=N–C) groups is 1. The van der Waals surface area contributed by atoms with Crippen molar-refractivity contribution in [3.63, 3.8) is 0 Å². The minimum atomic E-state index is -0.375. The van der Waals surface area contributed by atoms with Crippen LogP contribution in [0.3, 0.4) is 0 Å². The Morgan fingerprint density at radius 1 is 1.22 bits per heavy atom. The summed E-state index contributed by atoms with van der Waals surface area (Å²) in [5.41, 5.74) is 1.11. The van der Waals surface area contributed by atoms with Crippen molar-refractivity contribution in [1.82, 2.24) is 9.97 Å². The van der Waals surface area contributed by atoms with Gasteiger partial charge < -0.3 is 14.6 Å². The number of benzene rings is 1. The summed E-state index contributed by atoms with van der Waals surface area (Å²) in [7, 11) is 0. The van der Waals surface area contributed by atoms with Crippen molar-refractivity contribution < 1.29 is 9.18 Å². The molecule has 27 heavy (non-hydrogen) atoms. The van der Waals surface area contributed by atoms with Crippen LogP contribution in [-0.2, 0) is 4.79 Å². The number of rotatable bonds is 10. The molecule has 0 atom stereocenters. The molecule has 1 aromatic carbocycles. The first-order valence-electron chi connectivity index (χ1n) is 9.25. The highest BCUT2D eigenvalue weighted by atomic mass is 19.1. The van der Waals surface area contributed by atoms with E-state index in [2.05, 4.69) is 21.9 Å². The Kier molecular flexibility index (Phi) is 7.85. The van der Waals surface area contributed by atoms with Crippen molar-refractivity contribution in [2.75, 3.05) is 29.4 Å². The van der Waals surface area contributed by atoms with Gasteiger partial charge in [0.2, 0.25) is 5.95 Å². The molecule has 6 nitrogen and oxygen atoms in total. The monoisotopic (exact) mass is 371 g/mol. The lowest BCUT2D eigenvalue weighted by Crippen LogP contribution is -2.25. The second-order valence-corrected chi connectivity index (χ2v) is 5.91. The largest absolute Gasteiger partial charge is 0.341 e. The molecule has 0 aliphatic heterocycles. The quantitative estimate of drug-likeness (QED) is 0.460. The Morgan fingerprint density at radius 2 is 2.00 bits per heavy atom. The smallest absolute Gasteiger partial charge is 0.227 e.